The summed E-state index contributed by atoms with van der Waals surface area (Å²) in [5.41, 5.74) is 4.68. The third kappa shape index (κ3) is 6.88. The molecule has 3 aromatic carbocycles. The fourth-order valence-electron chi connectivity index (χ4n) is 2.97. The van der Waals surface area contributed by atoms with E-state index in [4.69, 9.17) is 27.9 Å². The molecule has 8 nitrogen and oxygen atoms in total. The number of hydrazone groups is 1. The average Bonchev–Trinajstić information content (AvgIpc) is 3.28. The van der Waals surface area contributed by atoms with Gasteiger partial charge in [0.1, 0.15) is 18.9 Å². The highest BCUT2D eigenvalue weighted by Crippen LogP contribution is 2.33. The molecule has 0 fully saturated rings. The number of ether oxygens (including phenoxy) is 1. The maximum absolute atomic E-state index is 12.3. The molecule has 35 heavy (non-hydrogen) atoms. The first kappa shape index (κ1) is 25.3. The van der Waals surface area contributed by atoms with Crippen LogP contribution in [0.25, 0.3) is 11.4 Å². The van der Waals surface area contributed by atoms with E-state index in [2.05, 4.69) is 57.8 Å². The number of halogens is 4. The molecule has 0 unspecified atom stereocenters. The van der Waals surface area contributed by atoms with Crippen LogP contribution in [0.15, 0.2) is 74.7 Å². The zero-order valence-electron chi connectivity index (χ0n) is 17.8. The van der Waals surface area contributed by atoms with Gasteiger partial charge in [0.25, 0.3) is 5.91 Å². The highest BCUT2D eigenvalue weighted by atomic mass is 79.9. The maximum Gasteiger partial charge on any atom is 0.263 e. The number of hydrogen-bond donors (Lipinski definition) is 1. The number of carbonyl (C=O) groups excluding carboxylic acids is 1. The van der Waals surface area contributed by atoms with Crippen molar-refractivity contribution in [3.63, 3.8) is 0 Å². The van der Waals surface area contributed by atoms with Gasteiger partial charge >= 0.3 is 0 Å². The number of amides is 1. The fourth-order valence-corrected chi connectivity index (χ4v) is 4.80. The molecule has 0 bridgehead atoms. The van der Waals surface area contributed by atoms with Gasteiger partial charge in [0.15, 0.2) is 0 Å². The first-order valence-electron chi connectivity index (χ1n) is 10.1. The summed E-state index contributed by atoms with van der Waals surface area (Å²) < 4.78 is 7.50. The van der Waals surface area contributed by atoms with Gasteiger partial charge in [-0.1, -0.05) is 75.5 Å². The summed E-state index contributed by atoms with van der Waals surface area (Å²) in [6.45, 7) is 0.0723. The van der Waals surface area contributed by atoms with E-state index in [1.807, 2.05) is 42.5 Å². The van der Waals surface area contributed by atoms with Crippen LogP contribution < -0.4 is 10.2 Å². The monoisotopic (exact) mass is 636 g/mol. The van der Waals surface area contributed by atoms with Crippen molar-refractivity contribution in [3.8, 4) is 17.1 Å². The lowest BCUT2D eigenvalue weighted by Gasteiger charge is -2.13. The van der Waals surface area contributed by atoms with Gasteiger partial charge in [0.2, 0.25) is 5.82 Å². The van der Waals surface area contributed by atoms with Crippen molar-refractivity contribution >= 4 is 67.2 Å². The van der Waals surface area contributed by atoms with Crippen molar-refractivity contribution in [1.29, 1.82) is 0 Å². The zero-order valence-corrected chi connectivity index (χ0v) is 22.5. The number of nitrogens with one attached hydrogen (secondary N) is 1. The van der Waals surface area contributed by atoms with E-state index in [9.17, 15) is 4.79 Å². The Morgan fingerprint density at radius 1 is 1.11 bits per heavy atom. The van der Waals surface area contributed by atoms with E-state index < -0.39 is 5.91 Å². The van der Waals surface area contributed by atoms with E-state index in [0.29, 0.717) is 31.7 Å². The number of rotatable bonds is 8. The van der Waals surface area contributed by atoms with Crippen LogP contribution >= 0.6 is 55.1 Å². The molecule has 0 radical (unpaired) electrons. The quantitative estimate of drug-likeness (QED) is 0.192. The van der Waals surface area contributed by atoms with Crippen molar-refractivity contribution in [2.75, 3.05) is 0 Å². The SMILES string of the molecule is O=C(Cn1nnc(-c2ccccc2)n1)N/N=C/c1cc(Br)cc(Br)c1OCc1ccc(Cl)cc1Cl. The summed E-state index contributed by atoms with van der Waals surface area (Å²) >= 11 is 19.2. The Bertz CT molecular complexity index is 1380. The van der Waals surface area contributed by atoms with Crippen LogP contribution in [0.3, 0.4) is 0 Å². The molecule has 0 saturated carbocycles. The molecule has 0 aliphatic carbocycles. The molecule has 4 rings (SSSR count). The van der Waals surface area contributed by atoms with Crippen molar-refractivity contribution in [2.24, 2.45) is 5.10 Å². The molecular formula is C23H16Br2Cl2N6O2. The number of carbonyl (C=O) groups is 1. The van der Waals surface area contributed by atoms with Crippen molar-refractivity contribution in [1.82, 2.24) is 25.6 Å². The summed E-state index contributed by atoms with van der Waals surface area (Å²) in [6.07, 6.45) is 1.48. The topological polar surface area (TPSA) is 94.3 Å². The van der Waals surface area contributed by atoms with Crippen LogP contribution in [-0.2, 0) is 17.9 Å². The van der Waals surface area contributed by atoms with Gasteiger partial charge in [-0.25, -0.2) is 5.43 Å². The maximum atomic E-state index is 12.3. The molecule has 0 aliphatic heterocycles. The molecule has 1 aromatic heterocycles. The van der Waals surface area contributed by atoms with Gasteiger partial charge in [0.05, 0.1) is 10.7 Å². The second-order valence-electron chi connectivity index (χ2n) is 7.13. The number of hydrogen-bond acceptors (Lipinski definition) is 6. The lowest BCUT2D eigenvalue weighted by molar-refractivity contribution is -0.122. The normalized spacial score (nSPS) is 11.1. The largest absolute Gasteiger partial charge is 0.487 e. The van der Waals surface area contributed by atoms with Gasteiger partial charge in [-0.3, -0.25) is 4.79 Å². The third-order valence-corrected chi connectivity index (χ3v) is 6.22. The third-order valence-electron chi connectivity index (χ3n) is 4.59. The van der Waals surface area contributed by atoms with Crippen LogP contribution in [0.1, 0.15) is 11.1 Å². The molecule has 178 valence electrons. The summed E-state index contributed by atoms with van der Waals surface area (Å²) in [5, 5.41) is 17.2. The van der Waals surface area contributed by atoms with E-state index in [1.54, 1.807) is 18.2 Å². The molecule has 0 saturated heterocycles. The summed E-state index contributed by atoms with van der Waals surface area (Å²) in [7, 11) is 0. The lowest BCUT2D eigenvalue weighted by Crippen LogP contribution is -2.24. The Morgan fingerprint density at radius 3 is 2.69 bits per heavy atom. The number of aromatic nitrogens is 4. The standard InChI is InChI=1S/C23H16Br2Cl2N6O2/c24-17-8-16(22(19(25)9-17)35-13-15-6-7-18(26)10-20(15)27)11-28-29-21(34)12-33-31-23(30-32-33)14-4-2-1-3-5-14/h1-11H,12-13H2,(H,29,34)/b28-11+. The van der Waals surface area contributed by atoms with E-state index in [1.165, 1.54) is 11.0 Å². The average molecular weight is 639 g/mol. The second kappa shape index (κ2) is 11.8. The zero-order chi connectivity index (χ0) is 24.8. The van der Waals surface area contributed by atoms with Gasteiger partial charge in [0, 0.05) is 31.2 Å². The predicted molar refractivity (Wildman–Crippen MR) is 142 cm³/mol. The summed E-state index contributed by atoms with van der Waals surface area (Å²) in [6, 6.07) is 18.2. The minimum atomic E-state index is -0.414. The smallest absolute Gasteiger partial charge is 0.263 e. The van der Waals surface area contributed by atoms with Crippen molar-refractivity contribution in [2.45, 2.75) is 13.2 Å². The number of tetrazole rings is 1. The van der Waals surface area contributed by atoms with Crippen LogP contribution in [0.5, 0.6) is 5.75 Å². The van der Waals surface area contributed by atoms with E-state index in [0.717, 1.165) is 15.6 Å². The van der Waals surface area contributed by atoms with Gasteiger partial charge in [-0.15, -0.1) is 10.2 Å². The Kier molecular flexibility index (Phi) is 8.50. The van der Waals surface area contributed by atoms with Gasteiger partial charge in [-0.05, 0) is 45.4 Å². The minimum Gasteiger partial charge on any atom is -0.487 e. The van der Waals surface area contributed by atoms with Crippen LogP contribution in [0.4, 0.5) is 0 Å². The molecule has 12 heteroatoms. The van der Waals surface area contributed by atoms with Crippen molar-refractivity contribution in [3.05, 3.63) is 90.8 Å². The molecule has 0 spiro atoms. The summed E-state index contributed by atoms with van der Waals surface area (Å²) in [4.78, 5) is 13.5. The van der Waals surface area contributed by atoms with Gasteiger partial charge < -0.3 is 4.74 Å². The molecular weight excluding hydrogens is 623 g/mol. The van der Waals surface area contributed by atoms with Crippen LogP contribution in [0, 0.1) is 0 Å². The molecule has 1 N–H and O–H groups in total. The second-order valence-corrected chi connectivity index (χ2v) is 9.75. The Morgan fingerprint density at radius 2 is 1.91 bits per heavy atom. The molecule has 4 aromatic rings. The van der Waals surface area contributed by atoms with Crippen LogP contribution in [-0.4, -0.2) is 32.3 Å². The highest BCUT2D eigenvalue weighted by Gasteiger charge is 2.12. The fraction of sp³-hybridized carbons (Fsp3) is 0.0870. The van der Waals surface area contributed by atoms with Crippen LogP contribution in [0.2, 0.25) is 10.0 Å². The first-order chi connectivity index (χ1) is 16.9. The highest BCUT2D eigenvalue weighted by molar-refractivity contribution is 9.11. The minimum absolute atomic E-state index is 0.141. The summed E-state index contributed by atoms with van der Waals surface area (Å²) in [5.74, 6) is 0.550. The molecule has 0 aliphatic rings. The molecule has 0 atom stereocenters. The first-order valence-corrected chi connectivity index (χ1v) is 12.4. The van der Waals surface area contributed by atoms with Gasteiger partial charge in [-0.2, -0.15) is 9.90 Å². The molecule has 1 amide bonds. The van der Waals surface area contributed by atoms with E-state index in [-0.39, 0.29) is 13.2 Å². The molecule has 1 heterocycles. The lowest BCUT2D eigenvalue weighted by atomic mass is 10.2. The Balaban J connectivity index is 1.41. The van der Waals surface area contributed by atoms with E-state index >= 15 is 0 Å². The Labute approximate surface area is 227 Å². The predicted octanol–water partition coefficient (Wildman–Crippen LogP) is 5.90. The Hall–Kier alpha value is -2.79. The number of nitrogens with zero attached hydrogens (tertiary/aromatic N) is 5. The van der Waals surface area contributed by atoms with Crippen molar-refractivity contribution < 1.29 is 9.53 Å². The number of benzene rings is 3.